The topological polar surface area (TPSA) is 53.4 Å². The molecule has 0 fully saturated rings. The predicted octanol–water partition coefficient (Wildman–Crippen LogP) is 2.73. The highest BCUT2D eigenvalue weighted by atomic mass is 16.5. The number of ether oxygens (including phenoxy) is 2. The molecule has 5 heteroatoms. The lowest BCUT2D eigenvalue weighted by Gasteiger charge is -2.06. The van der Waals surface area contributed by atoms with Crippen LogP contribution in [0.25, 0.3) is 11.0 Å². The molecule has 0 aliphatic rings. The quantitative estimate of drug-likeness (QED) is 0.549. The molecule has 0 amide bonds. The van der Waals surface area contributed by atoms with Gasteiger partial charge in [-0.25, -0.2) is 4.98 Å². The number of esters is 1. The number of rotatable bonds is 4. The first-order chi connectivity index (χ1) is 10.7. The molecule has 0 unspecified atom stereocenters. The van der Waals surface area contributed by atoms with Gasteiger partial charge < -0.3 is 14.0 Å². The molecule has 0 atom stereocenters. The lowest BCUT2D eigenvalue weighted by Crippen LogP contribution is -2.11. The Morgan fingerprint density at radius 2 is 2.05 bits per heavy atom. The molecule has 0 aliphatic heterocycles. The molecule has 3 aromatic rings. The fraction of sp³-hybridized carbons (Fsp3) is 0.176. The van der Waals surface area contributed by atoms with Crippen LogP contribution in [0.4, 0.5) is 0 Å². The third-order valence-corrected chi connectivity index (χ3v) is 3.41. The molecule has 3 rings (SSSR count). The Morgan fingerprint density at radius 3 is 2.86 bits per heavy atom. The first kappa shape index (κ1) is 14.1. The zero-order chi connectivity index (χ0) is 15.5. The van der Waals surface area contributed by atoms with E-state index < -0.39 is 0 Å². The van der Waals surface area contributed by atoms with Crippen LogP contribution in [-0.2, 0) is 18.3 Å². The minimum Gasteiger partial charge on any atom is -0.497 e. The summed E-state index contributed by atoms with van der Waals surface area (Å²) in [5.74, 6) is 0.905. The number of aryl methyl sites for hydroxylation is 1. The average molecular weight is 296 g/mol. The number of fused-ring (bicyclic) bond motifs is 1. The van der Waals surface area contributed by atoms with Gasteiger partial charge in [0, 0.05) is 13.1 Å². The molecule has 0 aliphatic carbocycles. The van der Waals surface area contributed by atoms with Crippen LogP contribution in [-0.4, -0.2) is 22.6 Å². The summed E-state index contributed by atoms with van der Waals surface area (Å²) < 4.78 is 12.4. The summed E-state index contributed by atoms with van der Waals surface area (Å²) in [6.45, 7) is 0. The number of hydrogen-bond donors (Lipinski definition) is 0. The predicted molar refractivity (Wildman–Crippen MR) is 83.0 cm³/mol. The van der Waals surface area contributed by atoms with Crippen LogP contribution in [0, 0.1) is 0 Å². The third kappa shape index (κ3) is 2.93. The molecule has 0 saturated heterocycles. The first-order valence-electron chi connectivity index (χ1n) is 6.90. The van der Waals surface area contributed by atoms with Crippen molar-refractivity contribution in [2.24, 2.45) is 7.05 Å². The number of aromatic nitrogens is 2. The van der Waals surface area contributed by atoms with Gasteiger partial charge in [0.05, 0.1) is 30.9 Å². The largest absolute Gasteiger partial charge is 0.497 e. The zero-order valence-corrected chi connectivity index (χ0v) is 12.4. The molecule has 1 heterocycles. The van der Waals surface area contributed by atoms with Crippen LogP contribution in [0.3, 0.4) is 0 Å². The van der Waals surface area contributed by atoms with Crippen molar-refractivity contribution >= 4 is 17.0 Å². The minimum absolute atomic E-state index is 0.192. The number of hydrogen-bond acceptors (Lipinski definition) is 4. The molecule has 0 saturated carbocycles. The molecular weight excluding hydrogens is 280 g/mol. The molecule has 112 valence electrons. The van der Waals surface area contributed by atoms with Gasteiger partial charge in [0.15, 0.2) is 0 Å². The molecule has 0 N–H and O–H groups in total. The summed E-state index contributed by atoms with van der Waals surface area (Å²) >= 11 is 0. The molecule has 0 bridgehead atoms. The smallest absolute Gasteiger partial charge is 0.315 e. The highest BCUT2D eigenvalue weighted by molar-refractivity contribution is 5.80. The van der Waals surface area contributed by atoms with E-state index in [4.69, 9.17) is 9.47 Å². The molecule has 1 aromatic heterocycles. The summed E-state index contributed by atoms with van der Waals surface area (Å²) in [7, 11) is 3.52. The molecule has 0 radical (unpaired) electrons. The normalized spacial score (nSPS) is 10.6. The van der Waals surface area contributed by atoms with Gasteiger partial charge in [-0.15, -0.1) is 0 Å². The van der Waals surface area contributed by atoms with E-state index in [0.29, 0.717) is 5.75 Å². The van der Waals surface area contributed by atoms with Gasteiger partial charge in [-0.3, -0.25) is 4.79 Å². The average Bonchev–Trinajstić information content (AvgIpc) is 2.88. The van der Waals surface area contributed by atoms with Crippen molar-refractivity contribution < 1.29 is 14.3 Å². The lowest BCUT2D eigenvalue weighted by atomic mass is 10.1. The maximum absolute atomic E-state index is 12.0. The SMILES string of the molecule is COc1cccc(CC(=O)Oc2ccc3c(c2)ncn3C)c1. The molecule has 22 heavy (non-hydrogen) atoms. The Labute approximate surface area is 128 Å². The monoisotopic (exact) mass is 296 g/mol. The number of nitrogens with zero attached hydrogens (tertiary/aromatic N) is 2. The summed E-state index contributed by atoms with van der Waals surface area (Å²) in [5.41, 5.74) is 2.64. The first-order valence-corrected chi connectivity index (χ1v) is 6.90. The van der Waals surface area contributed by atoms with Crippen molar-refractivity contribution in [1.29, 1.82) is 0 Å². The second kappa shape index (κ2) is 5.89. The second-order valence-electron chi connectivity index (χ2n) is 5.01. The summed E-state index contributed by atoms with van der Waals surface area (Å²) in [6, 6.07) is 12.8. The van der Waals surface area contributed by atoms with Gasteiger partial charge in [-0.2, -0.15) is 0 Å². The van der Waals surface area contributed by atoms with E-state index in [-0.39, 0.29) is 12.4 Å². The van der Waals surface area contributed by atoms with E-state index in [1.54, 1.807) is 25.6 Å². The van der Waals surface area contributed by atoms with E-state index in [9.17, 15) is 4.79 Å². The fourth-order valence-electron chi connectivity index (χ4n) is 2.30. The number of carbonyl (C=O) groups excluding carboxylic acids is 1. The van der Waals surface area contributed by atoms with Gasteiger partial charge in [0.1, 0.15) is 11.5 Å². The summed E-state index contributed by atoms with van der Waals surface area (Å²) in [5, 5.41) is 0. The number of imidazole rings is 1. The van der Waals surface area contributed by atoms with Crippen molar-refractivity contribution in [3.8, 4) is 11.5 Å². The standard InChI is InChI=1S/C17H16N2O3/c1-19-11-18-15-10-14(6-7-16(15)19)22-17(20)9-12-4-3-5-13(8-12)21-2/h3-8,10-11H,9H2,1-2H3. The maximum Gasteiger partial charge on any atom is 0.315 e. The Kier molecular flexibility index (Phi) is 3.78. The summed E-state index contributed by atoms with van der Waals surface area (Å²) in [6.07, 6.45) is 1.92. The Balaban J connectivity index is 1.72. The van der Waals surface area contributed by atoms with Crippen LogP contribution >= 0.6 is 0 Å². The molecule has 5 nitrogen and oxygen atoms in total. The number of carbonyl (C=O) groups is 1. The van der Waals surface area contributed by atoms with Gasteiger partial charge >= 0.3 is 5.97 Å². The van der Waals surface area contributed by atoms with Gasteiger partial charge in [-0.05, 0) is 29.8 Å². The van der Waals surface area contributed by atoms with E-state index in [0.717, 1.165) is 22.3 Å². The molecule has 2 aromatic carbocycles. The van der Waals surface area contributed by atoms with Crippen molar-refractivity contribution in [2.75, 3.05) is 7.11 Å². The van der Waals surface area contributed by atoms with Crippen LogP contribution in [0.5, 0.6) is 11.5 Å². The van der Waals surface area contributed by atoms with Crippen molar-refractivity contribution in [3.05, 3.63) is 54.4 Å². The van der Waals surface area contributed by atoms with Crippen molar-refractivity contribution in [1.82, 2.24) is 9.55 Å². The molecular formula is C17H16N2O3. The Hall–Kier alpha value is -2.82. The number of benzene rings is 2. The summed E-state index contributed by atoms with van der Waals surface area (Å²) in [4.78, 5) is 16.3. The van der Waals surface area contributed by atoms with E-state index in [2.05, 4.69) is 4.98 Å². The minimum atomic E-state index is -0.316. The zero-order valence-electron chi connectivity index (χ0n) is 12.4. The van der Waals surface area contributed by atoms with Gasteiger partial charge in [-0.1, -0.05) is 12.1 Å². The number of methoxy groups -OCH3 is 1. The third-order valence-electron chi connectivity index (χ3n) is 3.41. The van der Waals surface area contributed by atoms with Crippen LogP contribution < -0.4 is 9.47 Å². The second-order valence-corrected chi connectivity index (χ2v) is 5.01. The molecule has 0 spiro atoms. The van der Waals surface area contributed by atoms with Gasteiger partial charge in [0.25, 0.3) is 0 Å². The Bertz CT molecular complexity index is 824. The van der Waals surface area contributed by atoms with Crippen molar-refractivity contribution in [2.45, 2.75) is 6.42 Å². The lowest BCUT2D eigenvalue weighted by molar-refractivity contribution is -0.133. The van der Waals surface area contributed by atoms with Crippen molar-refractivity contribution in [3.63, 3.8) is 0 Å². The fourth-order valence-corrected chi connectivity index (χ4v) is 2.30. The van der Waals surface area contributed by atoms with E-state index in [1.807, 2.05) is 41.9 Å². The van der Waals surface area contributed by atoms with Crippen LogP contribution in [0.1, 0.15) is 5.56 Å². The maximum atomic E-state index is 12.0. The Morgan fingerprint density at radius 1 is 1.18 bits per heavy atom. The van der Waals surface area contributed by atoms with Gasteiger partial charge in [0.2, 0.25) is 0 Å². The highest BCUT2D eigenvalue weighted by Gasteiger charge is 2.09. The van der Waals surface area contributed by atoms with Crippen LogP contribution in [0.15, 0.2) is 48.8 Å². The van der Waals surface area contributed by atoms with E-state index >= 15 is 0 Å². The van der Waals surface area contributed by atoms with E-state index in [1.165, 1.54) is 0 Å². The van der Waals surface area contributed by atoms with Crippen LogP contribution in [0.2, 0.25) is 0 Å². The highest BCUT2D eigenvalue weighted by Crippen LogP contribution is 2.20.